The highest BCUT2D eigenvalue weighted by Crippen LogP contribution is 2.21. The molecular formula is C18H21N5OS. The molecule has 0 spiro atoms. The molecular weight excluding hydrogens is 334 g/mol. The molecule has 7 heteroatoms. The number of nitrogens with one attached hydrogen (secondary N) is 1. The number of para-hydroxylation sites is 1. The van der Waals surface area contributed by atoms with Crippen LogP contribution in [0.5, 0.6) is 0 Å². The normalized spacial score (nSPS) is 10.8. The quantitative estimate of drug-likeness (QED) is 0.727. The Balaban J connectivity index is 1.81. The summed E-state index contributed by atoms with van der Waals surface area (Å²) < 4.78 is 1.79. The fourth-order valence-electron chi connectivity index (χ4n) is 2.68. The van der Waals surface area contributed by atoms with Gasteiger partial charge in [0.2, 0.25) is 5.13 Å². The topological polar surface area (TPSA) is 72.7 Å². The van der Waals surface area contributed by atoms with Crippen molar-refractivity contribution in [3.8, 4) is 5.69 Å². The summed E-state index contributed by atoms with van der Waals surface area (Å²) in [6.07, 6.45) is 3.08. The van der Waals surface area contributed by atoms with Crippen LogP contribution in [0.4, 0.5) is 5.13 Å². The van der Waals surface area contributed by atoms with Crippen LogP contribution in [0.25, 0.3) is 5.69 Å². The number of amides is 1. The van der Waals surface area contributed by atoms with Crippen LogP contribution in [-0.4, -0.2) is 25.9 Å². The van der Waals surface area contributed by atoms with E-state index in [1.54, 1.807) is 4.68 Å². The minimum atomic E-state index is -0.199. The van der Waals surface area contributed by atoms with Crippen molar-refractivity contribution in [2.45, 2.75) is 40.0 Å². The minimum absolute atomic E-state index is 0.199. The first-order valence-electron chi connectivity index (χ1n) is 8.35. The SMILES string of the molecule is CCCCc1nnc(NC(=O)c2c(C)nn(-c3ccccc3)c2C)s1. The standard InChI is InChI=1S/C18H21N5OS/c1-4-5-11-15-20-21-18(25-15)19-17(24)16-12(2)22-23(13(16)3)14-9-7-6-8-10-14/h6-10H,4-5,11H2,1-3H3,(H,19,21,24). The van der Waals surface area contributed by atoms with Crippen molar-refractivity contribution in [1.29, 1.82) is 0 Å². The van der Waals surface area contributed by atoms with Gasteiger partial charge in [0.05, 0.1) is 22.6 Å². The predicted molar refractivity (Wildman–Crippen MR) is 99.5 cm³/mol. The molecule has 0 saturated heterocycles. The average Bonchev–Trinajstić information content (AvgIpc) is 3.17. The van der Waals surface area contributed by atoms with E-state index in [1.807, 2.05) is 44.2 Å². The lowest BCUT2D eigenvalue weighted by molar-refractivity contribution is 0.102. The molecule has 0 saturated carbocycles. The smallest absolute Gasteiger partial charge is 0.261 e. The maximum absolute atomic E-state index is 12.7. The van der Waals surface area contributed by atoms with Gasteiger partial charge in [-0.15, -0.1) is 10.2 Å². The van der Waals surface area contributed by atoms with E-state index in [2.05, 4.69) is 27.5 Å². The number of rotatable bonds is 6. The molecule has 0 atom stereocenters. The number of benzene rings is 1. The predicted octanol–water partition coefficient (Wildman–Crippen LogP) is 3.94. The molecule has 130 valence electrons. The van der Waals surface area contributed by atoms with Gasteiger partial charge in [-0.25, -0.2) is 4.68 Å². The van der Waals surface area contributed by atoms with E-state index in [4.69, 9.17) is 0 Å². The first kappa shape index (κ1) is 17.3. The highest BCUT2D eigenvalue weighted by molar-refractivity contribution is 7.15. The fourth-order valence-corrected chi connectivity index (χ4v) is 3.46. The Bertz CT molecular complexity index is 869. The zero-order valence-electron chi connectivity index (χ0n) is 14.6. The Kier molecular flexibility index (Phi) is 5.23. The highest BCUT2D eigenvalue weighted by atomic mass is 32.1. The lowest BCUT2D eigenvalue weighted by atomic mass is 10.2. The first-order chi connectivity index (χ1) is 12.1. The van der Waals surface area contributed by atoms with Gasteiger partial charge in [-0.1, -0.05) is 42.9 Å². The number of aryl methyl sites for hydroxylation is 2. The molecule has 3 rings (SSSR count). The largest absolute Gasteiger partial charge is 0.296 e. The zero-order chi connectivity index (χ0) is 17.8. The molecule has 3 aromatic rings. The molecule has 0 radical (unpaired) electrons. The lowest BCUT2D eigenvalue weighted by Gasteiger charge is -2.05. The van der Waals surface area contributed by atoms with Crippen molar-refractivity contribution in [2.24, 2.45) is 0 Å². The summed E-state index contributed by atoms with van der Waals surface area (Å²) in [5, 5.41) is 17.0. The van der Waals surface area contributed by atoms with E-state index >= 15 is 0 Å². The second kappa shape index (κ2) is 7.57. The van der Waals surface area contributed by atoms with Gasteiger partial charge in [0.1, 0.15) is 5.01 Å². The van der Waals surface area contributed by atoms with Crippen molar-refractivity contribution in [1.82, 2.24) is 20.0 Å². The highest BCUT2D eigenvalue weighted by Gasteiger charge is 2.20. The van der Waals surface area contributed by atoms with Crippen molar-refractivity contribution >= 4 is 22.4 Å². The van der Waals surface area contributed by atoms with Gasteiger partial charge in [0, 0.05) is 6.42 Å². The Labute approximate surface area is 150 Å². The number of carbonyl (C=O) groups is 1. The molecule has 1 aromatic carbocycles. The molecule has 0 fully saturated rings. The van der Waals surface area contributed by atoms with Crippen LogP contribution in [0.1, 0.15) is 46.5 Å². The van der Waals surface area contributed by atoms with E-state index in [0.717, 1.165) is 35.7 Å². The van der Waals surface area contributed by atoms with E-state index < -0.39 is 0 Å². The van der Waals surface area contributed by atoms with Gasteiger partial charge in [-0.05, 0) is 32.4 Å². The van der Waals surface area contributed by atoms with Gasteiger partial charge >= 0.3 is 0 Å². The molecule has 1 N–H and O–H groups in total. The fraction of sp³-hybridized carbons (Fsp3) is 0.333. The van der Waals surface area contributed by atoms with Gasteiger partial charge in [-0.2, -0.15) is 5.10 Å². The van der Waals surface area contributed by atoms with Crippen LogP contribution in [-0.2, 0) is 6.42 Å². The molecule has 0 aliphatic rings. The van der Waals surface area contributed by atoms with Gasteiger partial charge in [-0.3, -0.25) is 10.1 Å². The number of carbonyl (C=O) groups excluding carboxylic acids is 1. The van der Waals surface area contributed by atoms with E-state index in [9.17, 15) is 4.79 Å². The van der Waals surface area contributed by atoms with Crippen molar-refractivity contribution < 1.29 is 4.79 Å². The zero-order valence-corrected chi connectivity index (χ0v) is 15.4. The lowest BCUT2D eigenvalue weighted by Crippen LogP contribution is -2.14. The van der Waals surface area contributed by atoms with E-state index in [-0.39, 0.29) is 5.91 Å². The second-order valence-corrected chi connectivity index (χ2v) is 6.91. The van der Waals surface area contributed by atoms with Crippen LogP contribution in [0, 0.1) is 13.8 Å². The summed E-state index contributed by atoms with van der Waals surface area (Å²) >= 11 is 1.43. The summed E-state index contributed by atoms with van der Waals surface area (Å²) in [6, 6.07) is 9.78. The summed E-state index contributed by atoms with van der Waals surface area (Å²) in [7, 11) is 0. The summed E-state index contributed by atoms with van der Waals surface area (Å²) in [5.74, 6) is -0.199. The first-order valence-corrected chi connectivity index (χ1v) is 9.17. The molecule has 6 nitrogen and oxygen atoms in total. The maximum atomic E-state index is 12.7. The number of aromatic nitrogens is 4. The van der Waals surface area contributed by atoms with Crippen LogP contribution in [0.3, 0.4) is 0 Å². The van der Waals surface area contributed by atoms with Crippen molar-refractivity contribution in [2.75, 3.05) is 5.32 Å². The number of anilines is 1. The van der Waals surface area contributed by atoms with Gasteiger partial charge < -0.3 is 0 Å². The van der Waals surface area contributed by atoms with Crippen LogP contribution in [0.15, 0.2) is 30.3 Å². The third-order valence-electron chi connectivity index (χ3n) is 3.95. The number of hydrogen-bond acceptors (Lipinski definition) is 5. The third-order valence-corrected chi connectivity index (χ3v) is 4.85. The Morgan fingerprint density at radius 1 is 1.20 bits per heavy atom. The molecule has 0 bridgehead atoms. The number of unbranched alkanes of at least 4 members (excludes halogenated alkanes) is 1. The van der Waals surface area contributed by atoms with Gasteiger partial charge in [0.25, 0.3) is 5.91 Å². The van der Waals surface area contributed by atoms with Gasteiger partial charge in [0.15, 0.2) is 0 Å². The molecule has 0 aliphatic heterocycles. The summed E-state index contributed by atoms with van der Waals surface area (Å²) in [6.45, 7) is 5.88. The molecule has 2 aromatic heterocycles. The average molecular weight is 355 g/mol. The monoisotopic (exact) mass is 355 g/mol. The Morgan fingerprint density at radius 2 is 1.96 bits per heavy atom. The van der Waals surface area contributed by atoms with Crippen LogP contribution in [0.2, 0.25) is 0 Å². The van der Waals surface area contributed by atoms with Crippen molar-refractivity contribution in [3.05, 3.63) is 52.3 Å². The number of nitrogens with zero attached hydrogens (tertiary/aromatic N) is 4. The maximum Gasteiger partial charge on any atom is 0.261 e. The summed E-state index contributed by atoms with van der Waals surface area (Å²) in [5.41, 5.74) is 3.00. The van der Waals surface area contributed by atoms with Crippen LogP contribution >= 0.6 is 11.3 Å². The number of hydrogen-bond donors (Lipinski definition) is 1. The molecule has 0 aliphatic carbocycles. The Morgan fingerprint density at radius 3 is 2.68 bits per heavy atom. The van der Waals surface area contributed by atoms with Crippen LogP contribution < -0.4 is 5.32 Å². The Hall–Kier alpha value is -2.54. The minimum Gasteiger partial charge on any atom is -0.296 e. The molecule has 1 amide bonds. The summed E-state index contributed by atoms with van der Waals surface area (Å²) in [4.78, 5) is 12.7. The molecule has 25 heavy (non-hydrogen) atoms. The van der Waals surface area contributed by atoms with E-state index in [1.165, 1.54) is 11.3 Å². The molecule has 0 unspecified atom stereocenters. The van der Waals surface area contributed by atoms with E-state index in [0.29, 0.717) is 16.4 Å². The third kappa shape index (κ3) is 3.76. The second-order valence-electron chi connectivity index (χ2n) is 5.85. The van der Waals surface area contributed by atoms with Crippen molar-refractivity contribution in [3.63, 3.8) is 0 Å². The molecule has 2 heterocycles.